The molecule has 1 aromatic carbocycles. The minimum atomic E-state index is -3.46. The van der Waals surface area contributed by atoms with Crippen molar-refractivity contribution in [1.29, 1.82) is 0 Å². The number of sulfonamides is 1. The van der Waals surface area contributed by atoms with Crippen molar-refractivity contribution in [1.82, 2.24) is 4.31 Å². The Morgan fingerprint density at radius 2 is 1.89 bits per heavy atom. The first kappa shape index (κ1) is 16.1. The molecule has 0 aliphatic carbocycles. The lowest BCUT2D eigenvalue weighted by Gasteiger charge is -2.24. The Balaban J connectivity index is 3.40. The minimum absolute atomic E-state index is 0.0220. The molecule has 0 aromatic heterocycles. The third kappa shape index (κ3) is 3.16. The number of hydrogen-bond donors (Lipinski definition) is 1. The van der Waals surface area contributed by atoms with E-state index in [0.29, 0.717) is 11.4 Å². The molecule has 1 atom stereocenters. The third-order valence-corrected chi connectivity index (χ3v) is 5.88. The van der Waals surface area contributed by atoms with Gasteiger partial charge in [-0.25, -0.2) is 8.42 Å². The molecule has 1 aromatic rings. The van der Waals surface area contributed by atoms with Crippen LogP contribution in [0.15, 0.2) is 17.0 Å². The number of benzene rings is 1. The van der Waals surface area contributed by atoms with Crippen molar-refractivity contribution in [2.45, 2.75) is 51.6 Å². The van der Waals surface area contributed by atoms with Crippen molar-refractivity contribution in [3.05, 3.63) is 28.8 Å². The fraction of sp³-hybridized carbons (Fsp3) is 0.571. The Hall–Kier alpha value is -0.910. The maximum absolute atomic E-state index is 12.7. The van der Waals surface area contributed by atoms with Crippen LogP contribution in [0.3, 0.4) is 0 Å². The predicted molar refractivity (Wildman–Crippen MR) is 78.5 cm³/mol. The van der Waals surface area contributed by atoms with Crippen LogP contribution in [0.25, 0.3) is 0 Å². The lowest BCUT2D eigenvalue weighted by Crippen LogP contribution is -2.35. The van der Waals surface area contributed by atoms with Crippen molar-refractivity contribution >= 4 is 10.0 Å². The fourth-order valence-corrected chi connectivity index (χ4v) is 3.72. The Kier molecular flexibility index (Phi) is 5.12. The van der Waals surface area contributed by atoms with Crippen molar-refractivity contribution in [3.8, 4) is 0 Å². The van der Waals surface area contributed by atoms with Gasteiger partial charge in [0.05, 0.1) is 4.90 Å². The molecule has 2 N–H and O–H groups in total. The molecule has 1 rings (SSSR count). The number of nitrogens with zero attached hydrogens (tertiary/aromatic N) is 1. The maximum atomic E-state index is 12.7. The van der Waals surface area contributed by atoms with Gasteiger partial charge in [0.1, 0.15) is 0 Å². The zero-order valence-corrected chi connectivity index (χ0v) is 13.2. The van der Waals surface area contributed by atoms with Gasteiger partial charge >= 0.3 is 0 Å². The topological polar surface area (TPSA) is 63.4 Å². The van der Waals surface area contributed by atoms with Gasteiger partial charge in [0.2, 0.25) is 10.0 Å². The van der Waals surface area contributed by atoms with Crippen LogP contribution in [0.2, 0.25) is 0 Å². The quantitative estimate of drug-likeness (QED) is 0.901. The van der Waals surface area contributed by atoms with Gasteiger partial charge in [0.25, 0.3) is 0 Å². The second kappa shape index (κ2) is 6.03. The summed E-state index contributed by atoms with van der Waals surface area (Å²) in [5, 5.41) is 0. The summed E-state index contributed by atoms with van der Waals surface area (Å²) in [7, 11) is -1.83. The van der Waals surface area contributed by atoms with Crippen LogP contribution in [-0.2, 0) is 16.6 Å². The van der Waals surface area contributed by atoms with Crippen LogP contribution in [0.5, 0.6) is 0 Å². The molecule has 0 aliphatic rings. The van der Waals surface area contributed by atoms with Gasteiger partial charge in [0.15, 0.2) is 0 Å². The maximum Gasteiger partial charge on any atom is 0.243 e. The average Bonchev–Trinajstić information content (AvgIpc) is 2.39. The number of hydrogen-bond acceptors (Lipinski definition) is 3. The number of rotatable bonds is 5. The highest BCUT2D eigenvalue weighted by Crippen LogP contribution is 2.25. The summed E-state index contributed by atoms with van der Waals surface area (Å²) in [6.07, 6.45) is 0.782. The second-order valence-corrected chi connectivity index (χ2v) is 6.98. The van der Waals surface area contributed by atoms with Crippen LogP contribution in [0.4, 0.5) is 0 Å². The molecule has 0 saturated heterocycles. The van der Waals surface area contributed by atoms with E-state index in [4.69, 9.17) is 5.73 Å². The van der Waals surface area contributed by atoms with Crippen molar-refractivity contribution < 1.29 is 8.42 Å². The standard InChI is InChI=1S/C14H24N2O2S/c1-6-11(3)16(5)19(17,18)14-8-13(9-15)7-10(2)12(14)4/h7-8,11H,6,9,15H2,1-5H3. The van der Waals surface area contributed by atoms with Gasteiger partial charge in [0, 0.05) is 19.6 Å². The van der Waals surface area contributed by atoms with E-state index in [2.05, 4.69) is 0 Å². The molecule has 19 heavy (non-hydrogen) atoms. The van der Waals surface area contributed by atoms with Crippen LogP contribution < -0.4 is 5.73 Å². The molecule has 0 fully saturated rings. The van der Waals surface area contributed by atoms with E-state index in [1.165, 1.54) is 4.31 Å². The van der Waals surface area contributed by atoms with Crippen molar-refractivity contribution in [2.24, 2.45) is 5.73 Å². The summed E-state index contributed by atoms with van der Waals surface area (Å²) in [6.45, 7) is 7.98. The molecule has 1 unspecified atom stereocenters. The van der Waals surface area contributed by atoms with Crippen LogP contribution >= 0.6 is 0 Å². The van der Waals surface area contributed by atoms with E-state index < -0.39 is 10.0 Å². The molecule has 0 spiro atoms. The highest BCUT2D eigenvalue weighted by Gasteiger charge is 2.26. The van der Waals surface area contributed by atoms with E-state index in [1.807, 2.05) is 33.8 Å². The molecule has 108 valence electrons. The molecule has 0 bridgehead atoms. The molecular weight excluding hydrogens is 260 g/mol. The van der Waals surface area contributed by atoms with Crippen molar-refractivity contribution in [2.75, 3.05) is 7.05 Å². The zero-order valence-electron chi connectivity index (χ0n) is 12.4. The van der Waals surface area contributed by atoms with E-state index in [-0.39, 0.29) is 6.04 Å². The molecule has 0 saturated carbocycles. The number of aryl methyl sites for hydroxylation is 1. The highest BCUT2D eigenvalue weighted by atomic mass is 32.2. The Morgan fingerprint density at radius 1 is 1.32 bits per heavy atom. The predicted octanol–water partition coefficient (Wildman–Crippen LogP) is 2.18. The average molecular weight is 284 g/mol. The molecule has 0 radical (unpaired) electrons. The fourth-order valence-electron chi connectivity index (χ4n) is 1.93. The largest absolute Gasteiger partial charge is 0.326 e. The van der Waals surface area contributed by atoms with E-state index >= 15 is 0 Å². The van der Waals surface area contributed by atoms with Gasteiger partial charge in [-0.3, -0.25) is 0 Å². The Morgan fingerprint density at radius 3 is 2.37 bits per heavy atom. The van der Waals surface area contributed by atoms with E-state index in [9.17, 15) is 8.42 Å². The first-order valence-electron chi connectivity index (χ1n) is 6.53. The summed E-state index contributed by atoms with van der Waals surface area (Å²) in [6, 6.07) is 3.61. The SMILES string of the molecule is CCC(C)N(C)S(=O)(=O)c1cc(CN)cc(C)c1C. The Bertz CT molecular complexity index is 553. The molecular formula is C14H24N2O2S. The summed E-state index contributed by atoms with van der Waals surface area (Å²) in [4.78, 5) is 0.371. The first-order valence-corrected chi connectivity index (χ1v) is 7.97. The first-order chi connectivity index (χ1) is 8.75. The molecule has 0 heterocycles. The molecule has 0 aliphatic heterocycles. The van der Waals surface area contributed by atoms with Crippen LogP contribution in [0.1, 0.15) is 37.0 Å². The van der Waals surface area contributed by atoms with Gasteiger partial charge in [-0.05, 0) is 49.9 Å². The van der Waals surface area contributed by atoms with Crippen LogP contribution in [-0.4, -0.2) is 25.8 Å². The summed E-state index contributed by atoms with van der Waals surface area (Å²) in [5.74, 6) is 0. The smallest absolute Gasteiger partial charge is 0.243 e. The zero-order chi connectivity index (χ0) is 14.8. The summed E-state index contributed by atoms with van der Waals surface area (Å²) < 4.78 is 26.8. The van der Waals surface area contributed by atoms with Gasteiger partial charge in [-0.2, -0.15) is 4.31 Å². The third-order valence-electron chi connectivity index (χ3n) is 3.78. The van der Waals surface area contributed by atoms with Gasteiger partial charge in [-0.1, -0.05) is 13.0 Å². The van der Waals surface area contributed by atoms with Gasteiger partial charge in [-0.15, -0.1) is 0 Å². The normalized spacial score (nSPS) is 13.8. The van der Waals surface area contributed by atoms with Crippen LogP contribution in [0, 0.1) is 13.8 Å². The molecule has 0 amide bonds. The Labute approximate surface area is 116 Å². The van der Waals surface area contributed by atoms with E-state index in [0.717, 1.165) is 23.1 Å². The van der Waals surface area contributed by atoms with E-state index in [1.54, 1.807) is 13.1 Å². The lowest BCUT2D eigenvalue weighted by molar-refractivity contribution is 0.380. The molecule has 5 heteroatoms. The van der Waals surface area contributed by atoms with Crippen molar-refractivity contribution in [3.63, 3.8) is 0 Å². The number of nitrogens with two attached hydrogens (primary N) is 1. The second-order valence-electron chi connectivity index (χ2n) is 5.02. The monoisotopic (exact) mass is 284 g/mol. The molecule has 4 nitrogen and oxygen atoms in total. The lowest BCUT2D eigenvalue weighted by atomic mass is 10.1. The summed E-state index contributed by atoms with van der Waals surface area (Å²) in [5.41, 5.74) is 8.24. The summed E-state index contributed by atoms with van der Waals surface area (Å²) >= 11 is 0. The minimum Gasteiger partial charge on any atom is -0.326 e. The van der Waals surface area contributed by atoms with Gasteiger partial charge < -0.3 is 5.73 Å². The highest BCUT2D eigenvalue weighted by molar-refractivity contribution is 7.89.